The third-order valence-corrected chi connectivity index (χ3v) is 2.79. The summed E-state index contributed by atoms with van der Waals surface area (Å²) in [6.45, 7) is 3.36. The van der Waals surface area contributed by atoms with Crippen LogP contribution in [-0.4, -0.2) is 18.3 Å². The second-order valence-electron chi connectivity index (χ2n) is 3.09. The van der Waals surface area contributed by atoms with E-state index in [9.17, 15) is 4.79 Å². The highest BCUT2D eigenvalue weighted by atomic mass is 32.2. The lowest BCUT2D eigenvalue weighted by Gasteiger charge is -2.01. The van der Waals surface area contributed by atoms with Crippen LogP contribution in [-0.2, 0) is 9.53 Å². The monoisotopic (exact) mass is 224 g/mol. The van der Waals surface area contributed by atoms with Gasteiger partial charge in [-0.2, -0.15) is 0 Å². The molecule has 0 spiro atoms. The van der Waals surface area contributed by atoms with Crippen LogP contribution in [0.2, 0.25) is 0 Å². The van der Waals surface area contributed by atoms with Crippen molar-refractivity contribution in [1.82, 2.24) is 0 Å². The molecule has 15 heavy (non-hydrogen) atoms. The van der Waals surface area contributed by atoms with Crippen LogP contribution in [0.3, 0.4) is 0 Å². The molecule has 0 atom stereocenters. The van der Waals surface area contributed by atoms with Gasteiger partial charge in [-0.1, -0.05) is 30.0 Å². The van der Waals surface area contributed by atoms with E-state index in [0.29, 0.717) is 13.0 Å². The molecule has 0 aliphatic rings. The second kappa shape index (κ2) is 7.49. The van der Waals surface area contributed by atoms with Gasteiger partial charge in [-0.15, -0.1) is 0 Å². The van der Waals surface area contributed by atoms with E-state index < -0.39 is 0 Å². The zero-order chi connectivity index (χ0) is 10.9. The van der Waals surface area contributed by atoms with Crippen molar-refractivity contribution in [3.05, 3.63) is 30.3 Å². The van der Waals surface area contributed by atoms with Crippen LogP contribution in [0.1, 0.15) is 19.8 Å². The maximum absolute atomic E-state index is 11.5. The van der Waals surface area contributed by atoms with Crippen molar-refractivity contribution in [2.75, 3.05) is 13.2 Å². The number of carbonyl (C=O) groups is 1. The Labute approximate surface area is 95.0 Å². The summed E-state index contributed by atoms with van der Waals surface area (Å²) in [5.74, 6) is 0. The zero-order valence-corrected chi connectivity index (χ0v) is 9.76. The first-order chi connectivity index (χ1) is 7.33. The first-order valence-corrected chi connectivity index (χ1v) is 5.98. The Morgan fingerprint density at radius 1 is 1.33 bits per heavy atom. The van der Waals surface area contributed by atoms with Crippen LogP contribution in [0.15, 0.2) is 35.2 Å². The first-order valence-electron chi connectivity index (χ1n) is 5.16. The summed E-state index contributed by atoms with van der Waals surface area (Å²) in [7, 11) is 0. The van der Waals surface area contributed by atoms with Crippen molar-refractivity contribution in [1.29, 1.82) is 0 Å². The molecule has 1 rings (SSSR count). The highest BCUT2D eigenvalue weighted by Gasteiger charge is 2.03. The normalized spacial score (nSPS) is 10.2. The molecule has 2 nitrogen and oxygen atoms in total. The third-order valence-electron chi connectivity index (χ3n) is 1.85. The molecule has 0 aliphatic heterocycles. The average molecular weight is 224 g/mol. The number of rotatable bonds is 6. The summed E-state index contributed by atoms with van der Waals surface area (Å²) in [6, 6.07) is 9.73. The van der Waals surface area contributed by atoms with E-state index in [1.54, 1.807) is 0 Å². The van der Waals surface area contributed by atoms with Crippen molar-refractivity contribution < 1.29 is 9.53 Å². The third kappa shape index (κ3) is 5.60. The molecule has 0 N–H and O–H groups in total. The largest absolute Gasteiger partial charge is 0.382 e. The molecule has 0 aliphatic carbocycles. The van der Waals surface area contributed by atoms with Gasteiger partial charge < -0.3 is 4.74 Å². The number of benzene rings is 1. The lowest BCUT2D eigenvalue weighted by Crippen LogP contribution is -1.97. The molecular weight excluding hydrogens is 208 g/mol. The summed E-state index contributed by atoms with van der Waals surface area (Å²) in [5.41, 5.74) is 0. The van der Waals surface area contributed by atoms with E-state index in [1.165, 1.54) is 11.8 Å². The van der Waals surface area contributed by atoms with Gasteiger partial charge in [-0.3, -0.25) is 4.79 Å². The topological polar surface area (TPSA) is 26.3 Å². The standard InChI is InChI=1S/C12H16O2S/c1-2-14-10-6-9-12(13)15-11-7-4-3-5-8-11/h3-5,7-8H,2,6,9-10H2,1H3. The Hall–Kier alpha value is -0.800. The van der Waals surface area contributed by atoms with Crippen molar-refractivity contribution in [3.8, 4) is 0 Å². The molecular formula is C12H16O2S. The predicted octanol–water partition coefficient (Wildman–Crippen LogP) is 3.12. The highest BCUT2D eigenvalue weighted by molar-refractivity contribution is 8.13. The van der Waals surface area contributed by atoms with Crippen LogP contribution < -0.4 is 0 Å². The lowest BCUT2D eigenvalue weighted by atomic mass is 10.3. The van der Waals surface area contributed by atoms with Gasteiger partial charge >= 0.3 is 0 Å². The van der Waals surface area contributed by atoms with Gasteiger partial charge in [0.1, 0.15) is 0 Å². The summed E-state index contributed by atoms with van der Waals surface area (Å²) in [4.78, 5) is 12.5. The molecule has 0 unspecified atom stereocenters. The number of carbonyl (C=O) groups excluding carboxylic acids is 1. The molecule has 0 radical (unpaired) electrons. The van der Waals surface area contributed by atoms with Crippen LogP contribution >= 0.6 is 11.8 Å². The SMILES string of the molecule is CCOCCCC(=O)Sc1ccccc1. The van der Waals surface area contributed by atoms with E-state index in [4.69, 9.17) is 4.74 Å². The number of thioether (sulfide) groups is 1. The number of ether oxygens (including phenoxy) is 1. The lowest BCUT2D eigenvalue weighted by molar-refractivity contribution is -0.111. The van der Waals surface area contributed by atoms with Crippen LogP contribution in [0.4, 0.5) is 0 Å². The van der Waals surface area contributed by atoms with Gasteiger partial charge in [-0.05, 0) is 25.5 Å². The van der Waals surface area contributed by atoms with Gasteiger partial charge in [-0.25, -0.2) is 0 Å². The molecule has 1 aromatic carbocycles. The first kappa shape index (κ1) is 12.3. The van der Waals surface area contributed by atoms with Gasteiger partial charge in [0.05, 0.1) is 0 Å². The average Bonchev–Trinajstić information content (AvgIpc) is 2.26. The summed E-state index contributed by atoms with van der Waals surface area (Å²) in [6.07, 6.45) is 1.39. The molecule has 0 amide bonds. The molecule has 1 aromatic rings. The Morgan fingerprint density at radius 3 is 2.73 bits per heavy atom. The van der Waals surface area contributed by atoms with Crippen LogP contribution in [0.5, 0.6) is 0 Å². The van der Waals surface area contributed by atoms with Crippen molar-refractivity contribution >= 4 is 16.9 Å². The minimum absolute atomic E-state index is 0.209. The zero-order valence-electron chi connectivity index (χ0n) is 8.94. The summed E-state index contributed by atoms with van der Waals surface area (Å²) < 4.78 is 5.17. The Morgan fingerprint density at radius 2 is 2.07 bits per heavy atom. The maximum atomic E-state index is 11.5. The minimum Gasteiger partial charge on any atom is -0.382 e. The van der Waals surface area contributed by atoms with Gasteiger partial charge in [0.2, 0.25) is 0 Å². The molecule has 0 heterocycles. The van der Waals surface area contributed by atoms with Gasteiger partial charge in [0.15, 0.2) is 5.12 Å². The van der Waals surface area contributed by atoms with Crippen molar-refractivity contribution in [2.24, 2.45) is 0 Å². The van der Waals surface area contributed by atoms with Crippen molar-refractivity contribution in [2.45, 2.75) is 24.7 Å². The molecule has 0 bridgehead atoms. The Bertz CT molecular complexity index is 285. The smallest absolute Gasteiger partial charge is 0.193 e. The van der Waals surface area contributed by atoms with E-state index in [-0.39, 0.29) is 5.12 Å². The number of hydrogen-bond acceptors (Lipinski definition) is 3. The van der Waals surface area contributed by atoms with Crippen LogP contribution in [0, 0.1) is 0 Å². The minimum atomic E-state index is 0.209. The number of hydrogen-bond donors (Lipinski definition) is 0. The quantitative estimate of drug-likeness (QED) is 0.548. The van der Waals surface area contributed by atoms with E-state index >= 15 is 0 Å². The van der Waals surface area contributed by atoms with Gasteiger partial charge in [0, 0.05) is 24.5 Å². The molecule has 0 saturated heterocycles. The molecule has 0 fully saturated rings. The molecule has 3 heteroatoms. The second-order valence-corrected chi connectivity index (χ2v) is 4.22. The summed E-state index contributed by atoms with van der Waals surface area (Å²) in [5, 5.41) is 0.209. The van der Waals surface area contributed by atoms with Gasteiger partial charge in [0.25, 0.3) is 0 Å². The van der Waals surface area contributed by atoms with E-state index in [2.05, 4.69) is 0 Å². The maximum Gasteiger partial charge on any atom is 0.193 e. The fourth-order valence-corrected chi connectivity index (χ4v) is 1.94. The van der Waals surface area contributed by atoms with Crippen molar-refractivity contribution in [3.63, 3.8) is 0 Å². The Kier molecular flexibility index (Phi) is 6.12. The fourth-order valence-electron chi connectivity index (χ4n) is 1.13. The molecule has 82 valence electrons. The summed E-state index contributed by atoms with van der Waals surface area (Å²) >= 11 is 1.31. The molecule has 0 saturated carbocycles. The predicted molar refractivity (Wildman–Crippen MR) is 63.0 cm³/mol. The van der Waals surface area contributed by atoms with E-state index in [1.807, 2.05) is 37.3 Å². The van der Waals surface area contributed by atoms with E-state index in [0.717, 1.165) is 17.9 Å². The Balaban J connectivity index is 2.19. The highest BCUT2D eigenvalue weighted by Crippen LogP contribution is 2.19. The fraction of sp³-hybridized carbons (Fsp3) is 0.417. The van der Waals surface area contributed by atoms with Crippen LogP contribution in [0.25, 0.3) is 0 Å². The molecule has 0 aromatic heterocycles.